The van der Waals surface area contributed by atoms with Gasteiger partial charge in [0.05, 0.1) is 0 Å². The molecule has 3 nitrogen and oxygen atoms in total. The number of hydrogen-bond donors (Lipinski definition) is 1. The first-order valence-corrected chi connectivity index (χ1v) is 5.62. The van der Waals surface area contributed by atoms with Crippen molar-refractivity contribution >= 4 is 34.2 Å². The fourth-order valence-corrected chi connectivity index (χ4v) is 1.97. The normalized spacial score (nSPS) is 19.7. The molecule has 2 heterocycles. The van der Waals surface area contributed by atoms with Gasteiger partial charge in [0.25, 0.3) is 0 Å². The average Bonchev–Trinajstić information content (AvgIpc) is 2.71. The van der Waals surface area contributed by atoms with Crippen LogP contribution in [0.15, 0.2) is 22.8 Å². The molecule has 0 spiro atoms. The van der Waals surface area contributed by atoms with Crippen LogP contribution >= 0.6 is 28.3 Å². The number of rotatable bonds is 2. The molecule has 5 heteroatoms. The van der Waals surface area contributed by atoms with Gasteiger partial charge in [-0.2, -0.15) is 0 Å². The van der Waals surface area contributed by atoms with Crippen molar-refractivity contribution in [3.8, 4) is 0 Å². The first-order chi connectivity index (χ1) is 6.77. The van der Waals surface area contributed by atoms with Crippen LogP contribution in [0.1, 0.15) is 6.42 Å². The predicted octanol–water partition coefficient (Wildman–Crippen LogP) is 2.06. The van der Waals surface area contributed by atoms with Crippen molar-refractivity contribution in [1.29, 1.82) is 0 Å². The molecule has 1 N–H and O–H groups in total. The Labute approximate surface area is 105 Å². The van der Waals surface area contributed by atoms with Crippen molar-refractivity contribution in [3.05, 3.63) is 22.8 Å². The number of aromatic nitrogens is 1. The van der Waals surface area contributed by atoms with E-state index >= 15 is 0 Å². The van der Waals surface area contributed by atoms with Gasteiger partial charge < -0.3 is 10.2 Å². The third kappa shape index (κ3) is 3.06. The molecule has 0 bridgehead atoms. The van der Waals surface area contributed by atoms with Crippen LogP contribution in [0.2, 0.25) is 0 Å². The summed E-state index contributed by atoms with van der Waals surface area (Å²) in [4.78, 5) is 6.62. The molecule has 2 rings (SSSR count). The number of nitrogens with zero attached hydrogens (tertiary/aromatic N) is 2. The van der Waals surface area contributed by atoms with Gasteiger partial charge in [-0.1, -0.05) is 0 Å². The van der Waals surface area contributed by atoms with E-state index < -0.39 is 0 Å². The Hall–Kier alpha value is -0.320. The third-order valence-electron chi connectivity index (χ3n) is 2.66. The topological polar surface area (TPSA) is 28.2 Å². The second kappa shape index (κ2) is 5.68. The lowest BCUT2D eigenvalue weighted by Crippen LogP contribution is -2.33. The number of pyridine rings is 1. The van der Waals surface area contributed by atoms with E-state index in [1.54, 1.807) is 0 Å². The molecule has 84 valence electrons. The first kappa shape index (κ1) is 12.7. The molecule has 1 aliphatic rings. The Morgan fingerprint density at radius 2 is 2.33 bits per heavy atom. The summed E-state index contributed by atoms with van der Waals surface area (Å²) in [5.41, 5.74) is 0. The van der Waals surface area contributed by atoms with Gasteiger partial charge in [0.1, 0.15) is 5.82 Å². The van der Waals surface area contributed by atoms with Gasteiger partial charge in [-0.3, -0.25) is 0 Å². The predicted molar refractivity (Wildman–Crippen MR) is 68.9 cm³/mol. The molecule has 1 aromatic rings. The van der Waals surface area contributed by atoms with E-state index in [-0.39, 0.29) is 12.4 Å². The third-order valence-corrected chi connectivity index (χ3v) is 3.12. The van der Waals surface area contributed by atoms with Crippen molar-refractivity contribution in [2.75, 3.05) is 25.0 Å². The monoisotopic (exact) mass is 291 g/mol. The van der Waals surface area contributed by atoms with Gasteiger partial charge in [-0.05, 0) is 41.0 Å². The zero-order valence-corrected chi connectivity index (χ0v) is 11.0. The van der Waals surface area contributed by atoms with Crippen LogP contribution in [0.3, 0.4) is 0 Å². The summed E-state index contributed by atoms with van der Waals surface area (Å²) in [7, 11) is 2.11. The lowest BCUT2D eigenvalue weighted by atomic mass is 10.2. The fourth-order valence-electron chi connectivity index (χ4n) is 1.73. The molecule has 1 aromatic heterocycles. The summed E-state index contributed by atoms with van der Waals surface area (Å²) in [6.45, 7) is 2.18. The van der Waals surface area contributed by atoms with Gasteiger partial charge in [0, 0.05) is 30.3 Å². The molecule has 1 atom stereocenters. The zero-order chi connectivity index (χ0) is 9.97. The maximum Gasteiger partial charge on any atom is 0.128 e. The molecule has 0 aromatic carbocycles. The molecule has 1 saturated heterocycles. The number of hydrogen-bond acceptors (Lipinski definition) is 3. The van der Waals surface area contributed by atoms with Crippen LogP contribution in [0.4, 0.5) is 5.82 Å². The standard InChI is InChI=1S/C10H14BrN3.ClH/c1-14(9-4-5-12-7-9)10-3-2-8(11)6-13-10;/h2-3,6,9,12H,4-5,7H2,1H3;1H/t9-;/m0./s1. The Balaban J connectivity index is 0.00000112. The van der Waals surface area contributed by atoms with Gasteiger partial charge >= 0.3 is 0 Å². The minimum Gasteiger partial charge on any atom is -0.355 e. The minimum atomic E-state index is 0. The van der Waals surface area contributed by atoms with E-state index in [2.05, 4.69) is 38.2 Å². The van der Waals surface area contributed by atoms with E-state index in [4.69, 9.17) is 0 Å². The quantitative estimate of drug-likeness (QED) is 0.904. The number of nitrogens with one attached hydrogen (secondary N) is 1. The molecule has 15 heavy (non-hydrogen) atoms. The lowest BCUT2D eigenvalue weighted by molar-refractivity contribution is 0.678. The van der Waals surface area contributed by atoms with Gasteiger partial charge in [0.15, 0.2) is 0 Å². The molecule has 0 unspecified atom stereocenters. The number of anilines is 1. The van der Waals surface area contributed by atoms with E-state index in [1.807, 2.05) is 18.3 Å². The zero-order valence-electron chi connectivity index (χ0n) is 8.61. The maximum atomic E-state index is 4.37. The van der Waals surface area contributed by atoms with Crippen LogP contribution in [0, 0.1) is 0 Å². The highest BCUT2D eigenvalue weighted by molar-refractivity contribution is 9.10. The van der Waals surface area contributed by atoms with Crippen LogP contribution in [0.5, 0.6) is 0 Å². The van der Waals surface area contributed by atoms with Gasteiger partial charge in [0.2, 0.25) is 0 Å². The van der Waals surface area contributed by atoms with Crippen LogP contribution < -0.4 is 10.2 Å². The highest BCUT2D eigenvalue weighted by Crippen LogP contribution is 2.17. The van der Waals surface area contributed by atoms with Crippen molar-refractivity contribution in [1.82, 2.24) is 10.3 Å². The van der Waals surface area contributed by atoms with E-state index in [0.29, 0.717) is 6.04 Å². The Morgan fingerprint density at radius 1 is 1.53 bits per heavy atom. The maximum absolute atomic E-state index is 4.37. The van der Waals surface area contributed by atoms with Gasteiger partial charge in [-0.25, -0.2) is 4.98 Å². The number of likely N-dealkylation sites (N-methyl/N-ethyl adjacent to an activating group) is 1. The highest BCUT2D eigenvalue weighted by Gasteiger charge is 2.19. The summed E-state index contributed by atoms with van der Waals surface area (Å²) in [6.07, 6.45) is 3.04. The smallest absolute Gasteiger partial charge is 0.128 e. The fraction of sp³-hybridized carbons (Fsp3) is 0.500. The molecule has 0 aliphatic carbocycles. The second-order valence-corrected chi connectivity index (χ2v) is 4.51. The van der Waals surface area contributed by atoms with E-state index in [9.17, 15) is 0 Å². The first-order valence-electron chi connectivity index (χ1n) is 4.82. The highest BCUT2D eigenvalue weighted by atomic mass is 79.9. The largest absolute Gasteiger partial charge is 0.355 e. The summed E-state index contributed by atoms with van der Waals surface area (Å²) >= 11 is 3.38. The minimum absolute atomic E-state index is 0. The Morgan fingerprint density at radius 3 is 2.87 bits per heavy atom. The van der Waals surface area contributed by atoms with Crippen molar-refractivity contribution in [2.24, 2.45) is 0 Å². The molecular weight excluding hydrogens is 277 g/mol. The van der Waals surface area contributed by atoms with E-state index in [0.717, 1.165) is 23.4 Å². The van der Waals surface area contributed by atoms with Crippen LogP contribution in [-0.4, -0.2) is 31.2 Å². The Bertz CT molecular complexity index is 298. The lowest BCUT2D eigenvalue weighted by Gasteiger charge is -2.24. The second-order valence-electron chi connectivity index (χ2n) is 3.59. The average molecular weight is 293 g/mol. The van der Waals surface area contributed by atoms with E-state index in [1.165, 1.54) is 6.42 Å². The van der Waals surface area contributed by atoms with Crippen molar-refractivity contribution in [3.63, 3.8) is 0 Å². The molecule has 0 radical (unpaired) electrons. The molecule has 0 amide bonds. The summed E-state index contributed by atoms with van der Waals surface area (Å²) in [5.74, 6) is 1.04. The molecule has 1 fully saturated rings. The van der Waals surface area contributed by atoms with Gasteiger partial charge in [-0.15, -0.1) is 12.4 Å². The number of halogens is 2. The summed E-state index contributed by atoms with van der Waals surface area (Å²) < 4.78 is 1.03. The Kier molecular flexibility index (Phi) is 4.83. The summed E-state index contributed by atoms with van der Waals surface area (Å²) in [6, 6.07) is 4.66. The molecular formula is C10H15BrClN3. The molecule has 1 aliphatic heterocycles. The van der Waals surface area contributed by atoms with Crippen LogP contribution in [0.25, 0.3) is 0 Å². The van der Waals surface area contributed by atoms with Crippen molar-refractivity contribution < 1.29 is 0 Å². The van der Waals surface area contributed by atoms with Crippen LogP contribution in [-0.2, 0) is 0 Å². The SMILES string of the molecule is CN(c1ccc(Br)cn1)[C@H]1CCNC1.Cl. The summed E-state index contributed by atoms with van der Waals surface area (Å²) in [5, 5.41) is 3.36. The molecule has 0 saturated carbocycles. The van der Waals surface area contributed by atoms with Crippen molar-refractivity contribution in [2.45, 2.75) is 12.5 Å².